The lowest BCUT2D eigenvalue weighted by atomic mass is 9.94. The van der Waals surface area contributed by atoms with Gasteiger partial charge in [-0.2, -0.15) is 0 Å². The van der Waals surface area contributed by atoms with E-state index in [9.17, 15) is 18.0 Å². The zero-order chi connectivity index (χ0) is 19.2. The lowest BCUT2D eigenvalue weighted by Crippen LogP contribution is -2.44. The number of carbonyl (C=O) groups is 2. The van der Waals surface area contributed by atoms with Crippen LogP contribution >= 0.6 is 11.3 Å². The summed E-state index contributed by atoms with van der Waals surface area (Å²) in [6, 6.07) is 3.34. The molecule has 0 radical (unpaired) electrons. The summed E-state index contributed by atoms with van der Waals surface area (Å²) in [4.78, 5) is 26.0. The molecule has 1 heterocycles. The Bertz CT molecular complexity index is 697. The Morgan fingerprint density at radius 3 is 2.65 bits per heavy atom. The molecule has 0 aromatic carbocycles. The Labute approximate surface area is 158 Å². The van der Waals surface area contributed by atoms with Crippen molar-refractivity contribution in [3.63, 3.8) is 0 Å². The molecule has 0 spiro atoms. The third-order valence-corrected chi connectivity index (χ3v) is 7.37. The van der Waals surface area contributed by atoms with E-state index in [1.54, 1.807) is 30.3 Å². The molecule has 7 nitrogen and oxygen atoms in total. The Morgan fingerprint density at radius 2 is 2.04 bits per heavy atom. The van der Waals surface area contributed by atoms with E-state index in [1.807, 2.05) is 0 Å². The van der Waals surface area contributed by atoms with E-state index in [4.69, 9.17) is 4.74 Å². The topological polar surface area (TPSA) is 92.8 Å². The van der Waals surface area contributed by atoms with Crippen molar-refractivity contribution in [3.05, 3.63) is 17.5 Å². The van der Waals surface area contributed by atoms with Gasteiger partial charge in [0.2, 0.25) is 10.0 Å². The summed E-state index contributed by atoms with van der Waals surface area (Å²) in [5, 5.41) is 1.67. The van der Waals surface area contributed by atoms with Crippen LogP contribution in [0.4, 0.5) is 0 Å². The lowest BCUT2D eigenvalue weighted by Gasteiger charge is -2.32. The van der Waals surface area contributed by atoms with Gasteiger partial charge in [-0.25, -0.2) is 13.1 Å². The average molecular weight is 403 g/mol. The number of rotatable bonds is 8. The van der Waals surface area contributed by atoms with Crippen LogP contribution in [-0.2, 0) is 24.3 Å². The number of nitrogens with one attached hydrogen (secondary N) is 1. The predicted octanol–water partition coefficient (Wildman–Crippen LogP) is 2.14. The molecule has 1 atom stereocenters. The molecule has 1 aliphatic rings. The fourth-order valence-electron chi connectivity index (χ4n) is 3.02. The Kier molecular flexibility index (Phi) is 7.60. The van der Waals surface area contributed by atoms with Crippen LogP contribution in [0.2, 0.25) is 0 Å². The van der Waals surface area contributed by atoms with Crippen LogP contribution in [0.1, 0.15) is 45.4 Å². The van der Waals surface area contributed by atoms with E-state index in [0.717, 1.165) is 37.0 Å². The first-order chi connectivity index (χ1) is 12.3. The quantitative estimate of drug-likeness (QED) is 0.673. The van der Waals surface area contributed by atoms with Gasteiger partial charge >= 0.3 is 5.97 Å². The van der Waals surface area contributed by atoms with Crippen LogP contribution in [0, 0.1) is 0 Å². The van der Waals surface area contributed by atoms with Crippen molar-refractivity contribution in [2.75, 3.05) is 13.6 Å². The molecule has 1 aromatic heterocycles. The highest BCUT2D eigenvalue weighted by Crippen LogP contribution is 2.22. The summed E-state index contributed by atoms with van der Waals surface area (Å²) in [7, 11) is -1.85. The molecule has 1 saturated carbocycles. The fraction of sp³-hybridized carbons (Fsp3) is 0.647. The number of esters is 1. The number of likely N-dealkylation sites (N-methyl/N-ethyl adjacent to an activating group) is 1. The van der Waals surface area contributed by atoms with Gasteiger partial charge in [-0.15, -0.1) is 11.3 Å². The van der Waals surface area contributed by atoms with Gasteiger partial charge in [0.15, 0.2) is 6.10 Å². The van der Waals surface area contributed by atoms with Gasteiger partial charge in [0.25, 0.3) is 5.91 Å². The number of hydrogen-bond donors (Lipinski definition) is 1. The number of ether oxygens (including phenoxy) is 1. The summed E-state index contributed by atoms with van der Waals surface area (Å²) < 4.78 is 31.6. The van der Waals surface area contributed by atoms with Crippen LogP contribution in [0.25, 0.3) is 0 Å². The summed E-state index contributed by atoms with van der Waals surface area (Å²) >= 11 is 1.10. The number of nitrogens with zero attached hydrogens (tertiary/aromatic N) is 1. The number of carbonyl (C=O) groups excluding carboxylic acids is 2. The van der Waals surface area contributed by atoms with E-state index >= 15 is 0 Å². The first-order valence-electron chi connectivity index (χ1n) is 8.80. The van der Waals surface area contributed by atoms with Gasteiger partial charge in [-0.05, 0) is 31.2 Å². The van der Waals surface area contributed by atoms with E-state index in [-0.39, 0.29) is 29.1 Å². The maximum Gasteiger partial charge on any atom is 0.307 e. The third-order valence-electron chi connectivity index (χ3n) is 4.51. The summed E-state index contributed by atoms with van der Waals surface area (Å²) in [5.41, 5.74) is 0. The molecule has 1 N–H and O–H groups in total. The van der Waals surface area contributed by atoms with Crippen molar-refractivity contribution in [2.24, 2.45) is 0 Å². The lowest BCUT2D eigenvalue weighted by molar-refractivity contribution is -0.159. The minimum atomic E-state index is -3.60. The third kappa shape index (κ3) is 5.78. The van der Waals surface area contributed by atoms with Gasteiger partial charge < -0.3 is 9.64 Å². The minimum Gasteiger partial charge on any atom is -0.452 e. The Morgan fingerprint density at radius 1 is 1.35 bits per heavy atom. The van der Waals surface area contributed by atoms with E-state index in [1.165, 1.54) is 12.5 Å². The van der Waals surface area contributed by atoms with E-state index in [2.05, 4.69) is 4.72 Å². The molecule has 1 fully saturated rings. The zero-order valence-corrected chi connectivity index (χ0v) is 16.8. The van der Waals surface area contributed by atoms with Crippen molar-refractivity contribution in [2.45, 2.75) is 61.8 Å². The second kappa shape index (κ2) is 9.48. The molecule has 2 rings (SSSR count). The second-order valence-electron chi connectivity index (χ2n) is 6.45. The molecule has 1 aromatic rings. The highest BCUT2D eigenvalue weighted by molar-refractivity contribution is 7.91. The molecule has 26 heavy (non-hydrogen) atoms. The summed E-state index contributed by atoms with van der Waals surface area (Å²) in [6.07, 6.45) is 4.38. The average Bonchev–Trinajstić information content (AvgIpc) is 3.16. The standard InChI is InChI=1S/C17H26N2O5S2/c1-13(17(21)19(2)14-7-4-3-5-8-14)24-15(20)10-11-18-26(22,23)16-9-6-12-25-16/h6,9,12-14,18H,3-5,7-8,10-11H2,1-2H3. The maximum atomic E-state index is 12.4. The first kappa shape index (κ1) is 20.9. The Balaban J connectivity index is 1.75. The van der Waals surface area contributed by atoms with Crippen molar-refractivity contribution >= 4 is 33.2 Å². The van der Waals surface area contributed by atoms with E-state index in [0.29, 0.717) is 0 Å². The largest absolute Gasteiger partial charge is 0.452 e. The highest BCUT2D eigenvalue weighted by atomic mass is 32.2. The van der Waals surface area contributed by atoms with Crippen molar-refractivity contribution < 1.29 is 22.7 Å². The monoisotopic (exact) mass is 402 g/mol. The minimum absolute atomic E-state index is 0.0710. The molecule has 0 aliphatic heterocycles. The van der Waals surface area contributed by atoms with Gasteiger partial charge in [0.1, 0.15) is 4.21 Å². The normalized spacial score (nSPS) is 16.8. The van der Waals surface area contributed by atoms with Crippen molar-refractivity contribution in [3.8, 4) is 0 Å². The molecule has 146 valence electrons. The molecule has 0 saturated heterocycles. The van der Waals surface area contributed by atoms with Gasteiger partial charge in [-0.1, -0.05) is 25.3 Å². The smallest absolute Gasteiger partial charge is 0.307 e. The van der Waals surface area contributed by atoms with Gasteiger partial charge in [0.05, 0.1) is 6.42 Å². The number of thiophene rings is 1. The summed E-state index contributed by atoms with van der Waals surface area (Å²) in [6.45, 7) is 1.48. The second-order valence-corrected chi connectivity index (χ2v) is 9.39. The molecule has 1 amide bonds. The molecular formula is C17H26N2O5S2. The Hall–Kier alpha value is -1.45. The number of hydrogen-bond acceptors (Lipinski definition) is 6. The van der Waals surface area contributed by atoms with Crippen LogP contribution in [0.15, 0.2) is 21.7 Å². The first-order valence-corrected chi connectivity index (χ1v) is 11.2. The molecule has 1 aliphatic carbocycles. The van der Waals surface area contributed by atoms with Crippen molar-refractivity contribution in [1.82, 2.24) is 9.62 Å². The molecule has 9 heteroatoms. The van der Waals surface area contributed by atoms with Crippen LogP contribution < -0.4 is 4.72 Å². The van der Waals surface area contributed by atoms with Crippen molar-refractivity contribution in [1.29, 1.82) is 0 Å². The number of amides is 1. The van der Waals surface area contributed by atoms with Gasteiger partial charge in [-0.3, -0.25) is 9.59 Å². The van der Waals surface area contributed by atoms with Crippen LogP contribution in [0.5, 0.6) is 0 Å². The zero-order valence-electron chi connectivity index (χ0n) is 15.1. The van der Waals surface area contributed by atoms with Crippen LogP contribution in [0.3, 0.4) is 0 Å². The van der Waals surface area contributed by atoms with Gasteiger partial charge in [0, 0.05) is 19.6 Å². The molecule has 1 unspecified atom stereocenters. The maximum absolute atomic E-state index is 12.4. The predicted molar refractivity (Wildman–Crippen MR) is 99.3 cm³/mol. The molecular weight excluding hydrogens is 376 g/mol. The fourth-order valence-corrected chi connectivity index (χ4v) is 5.09. The van der Waals surface area contributed by atoms with Crippen LogP contribution in [-0.4, -0.2) is 50.9 Å². The molecule has 0 bridgehead atoms. The SMILES string of the molecule is CC(OC(=O)CCNS(=O)(=O)c1cccs1)C(=O)N(C)C1CCCCC1. The highest BCUT2D eigenvalue weighted by Gasteiger charge is 2.27. The number of sulfonamides is 1. The van der Waals surface area contributed by atoms with E-state index < -0.39 is 22.1 Å². The summed E-state index contributed by atoms with van der Waals surface area (Å²) in [5.74, 6) is -0.818.